The summed E-state index contributed by atoms with van der Waals surface area (Å²) in [4.78, 5) is 13.9. The molecule has 4 aromatic heterocycles. The van der Waals surface area contributed by atoms with Gasteiger partial charge in [0, 0.05) is 35.9 Å². The van der Waals surface area contributed by atoms with Crippen LogP contribution in [0.25, 0.3) is 11.6 Å². The van der Waals surface area contributed by atoms with Gasteiger partial charge in [0.1, 0.15) is 23.1 Å². The average Bonchev–Trinajstić information content (AvgIpc) is 3.53. The van der Waals surface area contributed by atoms with E-state index in [0.29, 0.717) is 10.8 Å². The minimum absolute atomic E-state index is 0.0442. The van der Waals surface area contributed by atoms with E-state index in [4.69, 9.17) is 9.47 Å². The first-order chi connectivity index (χ1) is 19.2. The minimum atomic E-state index is -5.32. The quantitative estimate of drug-likeness (QED) is 0.235. The Kier molecular flexibility index (Phi) is 7.40. The highest BCUT2D eigenvalue weighted by Crippen LogP contribution is 2.39. The summed E-state index contributed by atoms with van der Waals surface area (Å²) in [5.41, 5.74) is -3.49. The second kappa shape index (κ2) is 10.2. The number of hydrogen-bond donors (Lipinski definition) is 0. The van der Waals surface area contributed by atoms with Crippen LogP contribution >= 0.6 is 0 Å². The molecule has 0 aliphatic heterocycles. The van der Waals surface area contributed by atoms with Crippen molar-refractivity contribution in [3.63, 3.8) is 0 Å². The van der Waals surface area contributed by atoms with Gasteiger partial charge in [-0.15, -0.1) is 0 Å². The van der Waals surface area contributed by atoms with Gasteiger partial charge in [-0.2, -0.15) is 48.9 Å². The summed E-state index contributed by atoms with van der Waals surface area (Å²) >= 11 is 0. The summed E-state index contributed by atoms with van der Waals surface area (Å²) in [7, 11) is 2.33. The highest BCUT2D eigenvalue weighted by atomic mass is 19.4. The monoisotopic (exact) mass is 612 g/mol. The highest BCUT2D eigenvalue weighted by molar-refractivity contribution is 5.45. The van der Waals surface area contributed by atoms with Gasteiger partial charge in [-0.1, -0.05) is 0 Å². The molecular weight excluding hydrogens is 594 g/mol. The van der Waals surface area contributed by atoms with Gasteiger partial charge >= 0.3 is 18.5 Å². The molecule has 0 spiro atoms. The Hall–Kier alpha value is -4.38. The van der Waals surface area contributed by atoms with Crippen molar-refractivity contribution in [2.45, 2.75) is 37.8 Å². The Balaban J connectivity index is 1.93. The number of ether oxygens (including phenoxy) is 2. The molecule has 8 nitrogen and oxygen atoms in total. The van der Waals surface area contributed by atoms with Crippen LogP contribution in [0.15, 0.2) is 36.7 Å². The van der Waals surface area contributed by atoms with Crippen LogP contribution in [0.4, 0.5) is 43.9 Å². The molecule has 4 rings (SSSR count). The van der Waals surface area contributed by atoms with Gasteiger partial charge in [-0.25, -0.2) is 15.0 Å². The standard InChI is InChI=1S/C24H18F10N6O2/c1-21(2,14-6-12(42-4)8-18(36-14)40-10-16(25)38-20(40)24(32,33)34)13-5-11(41-3)7-17(35-13)39-9-15(22(26,27)28)37-19(39)23(29,30)31/h5-10H,1-4H3. The molecule has 18 heteroatoms. The van der Waals surface area contributed by atoms with Crippen LogP contribution in [0.1, 0.15) is 42.6 Å². The van der Waals surface area contributed by atoms with Crippen molar-refractivity contribution in [1.29, 1.82) is 0 Å². The van der Waals surface area contributed by atoms with Crippen molar-refractivity contribution in [2.24, 2.45) is 0 Å². The molecule has 0 fully saturated rings. The fourth-order valence-electron chi connectivity index (χ4n) is 3.85. The SMILES string of the molecule is COc1cc(-n2cc(F)nc2C(F)(F)F)nc(C(C)(C)c2cc(OC)cc(-n3cc(C(F)(F)F)nc3C(F)(F)F)n2)c1. The van der Waals surface area contributed by atoms with Crippen LogP contribution in [0.3, 0.4) is 0 Å². The normalized spacial score (nSPS) is 13.0. The zero-order valence-electron chi connectivity index (χ0n) is 21.7. The molecule has 4 aromatic rings. The fraction of sp³-hybridized carbons (Fsp3) is 0.333. The molecule has 42 heavy (non-hydrogen) atoms. The third-order valence-electron chi connectivity index (χ3n) is 6.00. The van der Waals surface area contributed by atoms with E-state index >= 15 is 0 Å². The zero-order valence-corrected chi connectivity index (χ0v) is 21.7. The van der Waals surface area contributed by atoms with Crippen molar-refractivity contribution in [2.75, 3.05) is 14.2 Å². The molecule has 0 saturated carbocycles. The van der Waals surface area contributed by atoms with Gasteiger partial charge in [-0.05, 0) is 13.8 Å². The van der Waals surface area contributed by atoms with Gasteiger partial charge in [0.05, 0.1) is 31.8 Å². The van der Waals surface area contributed by atoms with Gasteiger partial charge in [-0.3, -0.25) is 9.13 Å². The maximum Gasteiger partial charge on any atom is 0.450 e. The van der Waals surface area contributed by atoms with Crippen LogP contribution in [0.5, 0.6) is 11.5 Å². The van der Waals surface area contributed by atoms with Crippen molar-refractivity contribution < 1.29 is 53.4 Å². The van der Waals surface area contributed by atoms with Crippen molar-refractivity contribution in [3.8, 4) is 23.1 Å². The lowest BCUT2D eigenvalue weighted by molar-refractivity contribution is -0.150. The number of rotatable bonds is 6. The highest BCUT2D eigenvalue weighted by Gasteiger charge is 2.43. The van der Waals surface area contributed by atoms with E-state index in [1.807, 2.05) is 0 Å². The summed E-state index contributed by atoms with van der Waals surface area (Å²) in [6, 6.07) is 4.52. The average molecular weight is 612 g/mol. The first-order valence-electron chi connectivity index (χ1n) is 11.5. The zero-order chi connectivity index (χ0) is 31.4. The van der Waals surface area contributed by atoms with Crippen molar-refractivity contribution in [3.05, 3.63) is 71.3 Å². The van der Waals surface area contributed by atoms with E-state index in [1.165, 1.54) is 33.1 Å². The van der Waals surface area contributed by atoms with Gasteiger partial charge < -0.3 is 9.47 Å². The summed E-state index contributed by atoms with van der Waals surface area (Å²) < 4.78 is 146. The van der Waals surface area contributed by atoms with E-state index in [1.54, 1.807) is 0 Å². The van der Waals surface area contributed by atoms with E-state index in [2.05, 4.69) is 19.9 Å². The third kappa shape index (κ3) is 5.82. The number of nitrogens with zero attached hydrogens (tertiary/aromatic N) is 6. The van der Waals surface area contributed by atoms with Crippen molar-refractivity contribution in [1.82, 2.24) is 29.1 Å². The van der Waals surface area contributed by atoms with E-state index < -0.39 is 58.9 Å². The lowest BCUT2D eigenvalue weighted by Gasteiger charge is -2.26. The molecule has 0 bridgehead atoms. The fourth-order valence-corrected chi connectivity index (χ4v) is 3.85. The van der Waals surface area contributed by atoms with E-state index in [0.717, 1.165) is 19.2 Å². The number of methoxy groups -OCH3 is 2. The summed E-state index contributed by atoms with van der Waals surface area (Å²) in [5.74, 6) is -6.31. The second-order valence-corrected chi connectivity index (χ2v) is 9.20. The Labute approximate surface area is 229 Å². The molecule has 0 unspecified atom stereocenters. The predicted molar refractivity (Wildman–Crippen MR) is 123 cm³/mol. The Morgan fingerprint density at radius 2 is 1.00 bits per heavy atom. The molecule has 0 saturated heterocycles. The minimum Gasteiger partial charge on any atom is -0.497 e. The van der Waals surface area contributed by atoms with Crippen LogP contribution in [0, 0.1) is 5.95 Å². The van der Waals surface area contributed by atoms with Crippen LogP contribution in [-0.2, 0) is 23.9 Å². The molecule has 0 N–H and O–H groups in total. The Bertz CT molecular complexity index is 1620. The molecule has 226 valence electrons. The van der Waals surface area contributed by atoms with Crippen LogP contribution in [-0.4, -0.2) is 43.3 Å². The van der Waals surface area contributed by atoms with Gasteiger partial charge in [0.2, 0.25) is 17.6 Å². The number of hydrogen-bond acceptors (Lipinski definition) is 6. The van der Waals surface area contributed by atoms with Gasteiger partial charge in [0.15, 0.2) is 5.69 Å². The number of pyridine rings is 2. The Morgan fingerprint density at radius 3 is 1.40 bits per heavy atom. The van der Waals surface area contributed by atoms with Gasteiger partial charge in [0.25, 0.3) is 0 Å². The lowest BCUT2D eigenvalue weighted by atomic mass is 9.84. The maximum absolute atomic E-state index is 13.8. The largest absolute Gasteiger partial charge is 0.497 e. The molecule has 0 aliphatic carbocycles. The number of alkyl halides is 9. The van der Waals surface area contributed by atoms with E-state index in [9.17, 15) is 43.9 Å². The molecule has 0 aliphatic rings. The third-order valence-corrected chi connectivity index (χ3v) is 6.00. The number of imidazole rings is 2. The van der Waals surface area contributed by atoms with Crippen LogP contribution < -0.4 is 9.47 Å². The second-order valence-electron chi connectivity index (χ2n) is 9.20. The maximum atomic E-state index is 13.8. The first kappa shape index (κ1) is 30.6. The predicted octanol–water partition coefficient (Wildman–Crippen LogP) is 6.39. The molecule has 0 aromatic carbocycles. The molecule has 0 amide bonds. The molecule has 0 atom stereocenters. The summed E-state index contributed by atoms with van der Waals surface area (Å²) in [6.07, 6.45) is -15.0. The topological polar surface area (TPSA) is 79.9 Å². The molecule has 4 heterocycles. The number of halogens is 10. The van der Waals surface area contributed by atoms with E-state index in [-0.39, 0.29) is 33.7 Å². The first-order valence-corrected chi connectivity index (χ1v) is 11.5. The van der Waals surface area contributed by atoms with Crippen molar-refractivity contribution >= 4 is 0 Å². The molecular formula is C24H18F10N6O2. The lowest BCUT2D eigenvalue weighted by Crippen LogP contribution is -2.25. The van der Waals surface area contributed by atoms with Crippen LogP contribution in [0.2, 0.25) is 0 Å². The summed E-state index contributed by atoms with van der Waals surface area (Å²) in [6.45, 7) is 2.87. The molecule has 0 radical (unpaired) electrons. The Morgan fingerprint density at radius 1 is 0.571 bits per heavy atom. The smallest absolute Gasteiger partial charge is 0.450 e. The summed E-state index contributed by atoms with van der Waals surface area (Å²) in [5, 5.41) is 0. The number of aromatic nitrogens is 6.